The fraction of sp³-hybridized carbons (Fsp3) is 0.882. The van der Waals surface area contributed by atoms with Gasteiger partial charge in [0.2, 0.25) is 11.8 Å². The number of aliphatic carboxylic acids is 2. The average molecular weight is 751 g/mol. The molecule has 0 saturated heterocycles. The molecule has 49 heavy (non-hydrogen) atoms. The molecule has 4 N–H and O–H groups in total. The summed E-state index contributed by atoms with van der Waals surface area (Å²) in [5, 5.41) is 24.0. The lowest BCUT2D eigenvalue weighted by Crippen LogP contribution is -2.52. The number of unbranched alkanes of at least 4 members (excludes halogenated alkanes) is 2. The van der Waals surface area contributed by atoms with E-state index < -0.39 is 37.1 Å². The topological polar surface area (TPSA) is 151 Å². The van der Waals surface area contributed by atoms with E-state index in [4.69, 9.17) is 18.4 Å². The molecule has 15 heteroatoms. The Kier molecular flexibility index (Phi) is 20.9. The summed E-state index contributed by atoms with van der Waals surface area (Å²) in [5.41, 5.74) is 0. The first kappa shape index (κ1) is 47.4. The summed E-state index contributed by atoms with van der Waals surface area (Å²) in [6.07, 6.45) is 5.46. The van der Waals surface area contributed by atoms with E-state index in [9.17, 15) is 19.2 Å². The number of carbonyl (C=O) groups is 4. The van der Waals surface area contributed by atoms with Gasteiger partial charge in [0.05, 0.1) is 67.2 Å². The van der Waals surface area contributed by atoms with Crippen LogP contribution >= 0.6 is 0 Å². The van der Waals surface area contributed by atoms with Crippen LogP contribution in [0.25, 0.3) is 0 Å². The molecular formula is C34H74N4O8Si3+2. The van der Waals surface area contributed by atoms with Crippen LogP contribution in [0.2, 0.25) is 51.4 Å². The zero-order valence-corrected chi connectivity index (χ0v) is 36.2. The van der Waals surface area contributed by atoms with Crippen LogP contribution in [0.15, 0.2) is 0 Å². The van der Waals surface area contributed by atoms with Gasteiger partial charge in [0, 0.05) is 24.9 Å². The molecule has 12 nitrogen and oxygen atoms in total. The van der Waals surface area contributed by atoms with Crippen LogP contribution < -0.4 is 10.6 Å². The number of nitrogens with one attached hydrogen (secondary N) is 2. The monoisotopic (exact) mass is 750 g/mol. The second-order valence-corrected chi connectivity index (χ2v) is 29.5. The number of carboxylic acid groups (broad SMARTS) is 2. The number of carboxylic acids is 2. The molecule has 0 spiro atoms. The molecule has 0 radical (unpaired) electrons. The van der Waals surface area contributed by atoms with Crippen LogP contribution in [-0.4, -0.2) is 136 Å². The summed E-state index contributed by atoms with van der Waals surface area (Å²) in [6.45, 7) is 21.2. The van der Waals surface area contributed by atoms with E-state index in [-0.39, 0.29) is 36.5 Å². The number of carbonyl (C=O) groups excluding carboxylic acids is 2. The third-order valence-corrected chi connectivity index (χ3v) is 20.5. The first-order valence-corrected chi connectivity index (χ1v) is 27.4. The molecule has 0 rings (SSSR count). The first-order chi connectivity index (χ1) is 22.3. The van der Waals surface area contributed by atoms with Gasteiger partial charge in [-0.15, -0.1) is 0 Å². The molecule has 0 aromatic heterocycles. The van der Waals surface area contributed by atoms with Gasteiger partial charge in [0.1, 0.15) is 0 Å². The molecule has 2 amide bonds. The van der Waals surface area contributed by atoms with Crippen LogP contribution in [0, 0.1) is 11.8 Å². The Morgan fingerprint density at radius 3 is 1.22 bits per heavy atom. The first-order valence-electron chi connectivity index (χ1n) is 18.3. The van der Waals surface area contributed by atoms with Crippen molar-refractivity contribution in [3.05, 3.63) is 0 Å². The largest absolute Gasteiger partial charge is 0.481 e. The fourth-order valence-electron chi connectivity index (χ4n) is 5.97. The van der Waals surface area contributed by atoms with E-state index in [2.05, 4.69) is 49.9 Å². The quantitative estimate of drug-likeness (QED) is 0.0492. The van der Waals surface area contributed by atoms with E-state index in [1.165, 1.54) is 0 Å². The molecule has 0 bridgehead atoms. The van der Waals surface area contributed by atoms with Gasteiger partial charge >= 0.3 is 20.5 Å². The molecular weight excluding hydrogens is 677 g/mol. The van der Waals surface area contributed by atoms with Crippen LogP contribution in [0.4, 0.5) is 0 Å². The predicted molar refractivity (Wildman–Crippen MR) is 204 cm³/mol. The summed E-state index contributed by atoms with van der Waals surface area (Å²) < 4.78 is 14.9. The minimum Gasteiger partial charge on any atom is -0.481 e. The highest BCUT2D eigenvalue weighted by atomic mass is 28.5. The van der Waals surface area contributed by atoms with Crippen LogP contribution in [0.3, 0.4) is 0 Å². The molecule has 2 unspecified atom stereocenters. The van der Waals surface area contributed by atoms with Crippen molar-refractivity contribution in [3.8, 4) is 0 Å². The van der Waals surface area contributed by atoms with Crippen LogP contribution in [0.1, 0.15) is 65.2 Å². The molecule has 0 fully saturated rings. The van der Waals surface area contributed by atoms with Crippen molar-refractivity contribution in [1.82, 2.24) is 10.6 Å². The SMILES string of the molecule is CC(CC[Si](C)(C)O[Si](C)(C)O[Si](C)(C)CCC(C)C(=O)NCCCC[N+](C)(C)CCC(=O)O)C(=O)NCCCC[N+](C)(C)CCC(=O)O. The van der Waals surface area contributed by atoms with Gasteiger partial charge in [-0.3, -0.25) is 19.2 Å². The Morgan fingerprint density at radius 1 is 0.592 bits per heavy atom. The summed E-state index contributed by atoms with van der Waals surface area (Å²) in [6, 6.07) is 1.74. The van der Waals surface area contributed by atoms with Crippen molar-refractivity contribution >= 4 is 48.9 Å². The maximum atomic E-state index is 12.7. The van der Waals surface area contributed by atoms with E-state index in [1.807, 2.05) is 42.0 Å². The Balaban J connectivity index is 4.52. The Hall–Kier alpha value is -1.63. The molecule has 288 valence electrons. The molecule has 0 aromatic rings. The third kappa shape index (κ3) is 25.0. The number of hydrogen-bond donors (Lipinski definition) is 4. The van der Waals surface area contributed by atoms with E-state index in [0.29, 0.717) is 35.1 Å². The number of nitrogens with zero attached hydrogens (tertiary/aromatic N) is 2. The minimum absolute atomic E-state index is 0.0695. The lowest BCUT2D eigenvalue weighted by atomic mass is 10.1. The van der Waals surface area contributed by atoms with Gasteiger partial charge < -0.3 is 38.0 Å². The van der Waals surface area contributed by atoms with Crippen molar-refractivity contribution in [3.63, 3.8) is 0 Å². The number of amides is 2. The summed E-state index contributed by atoms with van der Waals surface area (Å²) in [7, 11) is 1.55. The maximum Gasteiger partial charge on any atom is 0.311 e. The number of hydrogen-bond acceptors (Lipinski definition) is 6. The molecule has 0 aliphatic rings. The Labute approximate surface area is 301 Å². The maximum absolute atomic E-state index is 12.7. The Morgan fingerprint density at radius 2 is 0.918 bits per heavy atom. The summed E-state index contributed by atoms with van der Waals surface area (Å²) in [4.78, 5) is 47.2. The van der Waals surface area contributed by atoms with E-state index in [1.54, 1.807) is 0 Å². The van der Waals surface area contributed by atoms with Gasteiger partial charge in [-0.2, -0.15) is 0 Å². The lowest BCUT2D eigenvalue weighted by Gasteiger charge is -2.39. The average Bonchev–Trinajstić information content (AvgIpc) is 2.95. The smallest absolute Gasteiger partial charge is 0.311 e. The van der Waals surface area contributed by atoms with E-state index >= 15 is 0 Å². The molecule has 0 aromatic carbocycles. The minimum atomic E-state index is -2.43. The van der Waals surface area contributed by atoms with Crippen molar-refractivity contribution in [2.75, 3.05) is 67.5 Å². The zero-order valence-electron chi connectivity index (χ0n) is 33.2. The zero-order chi connectivity index (χ0) is 38.1. The fourth-order valence-corrected chi connectivity index (χ4v) is 20.2. The molecule has 0 saturated carbocycles. The van der Waals surface area contributed by atoms with Crippen molar-refractivity contribution in [1.29, 1.82) is 0 Å². The molecule has 0 heterocycles. The van der Waals surface area contributed by atoms with Crippen molar-refractivity contribution < 1.29 is 46.6 Å². The highest BCUT2D eigenvalue weighted by molar-refractivity contribution is 6.87. The second kappa shape index (κ2) is 21.7. The van der Waals surface area contributed by atoms with Gasteiger partial charge in [0.15, 0.2) is 16.6 Å². The molecule has 0 aliphatic carbocycles. The van der Waals surface area contributed by atoms with Gasteiger partial charge in [-0.25, -0.2) is 0 Å². The molecule has 2 atom stereocenters. The number of quaternary nitrogens is 2. The van der Waals surface area contributed by atoms with Crippen molar-refractivity contribution in [2.24, 2.45) is 11.8 Å². The third-order valence-electron chi connectivity index (χ3n) is 9.14. The molecule has 0 aliphatic heterocycles. The summed E-state index contributed by atoms with van der Waals surface area (Å²) in [5.74, 6) is -1.60. The van der Waals surface area contributed by atoms with Gasteiger partial charge in [-0.1, -0.05) is 13.8 Å². The van der Waals surface area contributed by atoms with Crippen LogP contribution in [-0.2, 0) is 27.4 Å². The highest BCUT2D eigenvalue weighted by Gasteiger charge is 2.40. The summed E-state index contributed by atoms with van der Waals surface area (Å²) >= 11 is 0. The normalized spacial score (nSPS) is 14.3. The van der Waals surface area contributed by atoms with Crippen molar-refractivity contribution in [2.45, 2.75) is 117 Å². The van der Waals surface area contributed by atoms with Crippen LogP contribution in [0.5, 0.6) is 0 Å². The lowest BCUT2D eigenvalue weighted by molar-refractivity contribution is -0.890. The highest BCUT2D eigenvalue weighted by Crippen LogP contribution is 2.28. The van der Waals surface area contributed by atoms with Gasteiger partial charge in [-0.05, 0) is 89.9 Å². The standard InChI is InChI=1S/C34H72N4O8Si3/c1-29(33(43)35-21-13-15-23-37(3,4)25-17-31(39)40)19-27-47(7,8)45-49(11,12)46-48(9,10)28-20-30(2)34(44)36-22-14-16-24-38(5,6)26-18-32(41)42/h29-30H,13-28H2,1-12H3,(H2-2,35,36,39,40,41,42,43,44)/p+2. The Bertz CT molecular complexity index is 963. The van der Waals surface area contributed by atoms with Gasteiger partial charge in [0.25, 0.3) is 0 Å². The number of rotatable bonds is 28. The second-order valence-electron chi connectivity index (χ2n) is 17.1. The van der Waals surface area contributed by atoms with E-state index in [0.717, 1.165) is 63.7 Å². The predicted octanol–water partition coefficient (Wildman–Crippen LogP) is 5.08.